The van der Waals surface area contributed by atoms with Gasteiger partial charge in [0.15, 0.2) is 0 Å². The van der Waals surface area contributed by atoms with Crippen LogP contribution in [0.2, 0.25) is 0 Å². The number of hydrogen-bond donors (Lipinski definition) is 0. The van der Waals surface area contributed by atoms with Crippen molar-refractivity contribution in [3.8, 4) is 39.1 Å². The molecule has 0 N–H and O–H groups in total. The number of thiophene rings is 1. The molecule has 0 aliphatic heterocycles. The van der Waals surface area contributed by atoms with Gasteiger partial charge in [-0.15, -0.1) is 11.3 Å². The molecule has 0 aliphatic carbocycles. The second-order valence-corrected chi connectivity index (χ2v) is 17.5. The summed E-state index contributed by atoms with van der Waals surface area (Å²) >= 11 is 1.87. The summed E-state index contributed by atoms with van der Waals surface area (Å²) in [5.41, 5.74) is 15.3. The summed E-state index contributed by atoms with van der Waals surface area (Å²) in [6.45, 7) is 0. The minimum atomic E-state index is 0.894. The van der Waals surface area contributed by atoms with Gasteiger partial charge < -0.3 is 13.9 Å². The van der Waals surface area contributed by atoms with E-state index in [-0.39, 0.29) is 0 Å². The lowest BCUT2D eigenvalue weighted by atomic mass is 9.95. The molecule has 0 bridgehead atoms. The number of furan rings is 1. The van der Waals surface area contributed by atoms with Gasteiger partial charge in [-0.3, -0.25) is 0 Å². The molecule has 10 aromatic carbocycles. The van der Waals surface area contributed by atoms with Crippen molar-refractivity contribution in [2.24, 2.45) is 0 Å². The molecule has 3 aromatic heterocycles. The van der Waals surface area contributed by atoms with E-state index in [9.17, 15) is 0 Å². The van der Waals surface area contributed by atoms with Gasteiger partial charge >= 0.3 is 0 Å². The third-order valence-corrected chi connectivity index (χ3v) is 14.0. The minimum absolute atomic E-state index is 0.894. The summed E-state index contributed by atoms with van der Waals surface area (Å²) < 4.78 is 11.7. The fourth-order valence-corrected chi connectivity index (χ4v) is 11.2. The Morgan fingerprint density at radius 2 is 1.03 bits per heavy atom. The van der Waals surface area contributed by atoms with Crippen molar-refractivity contribution in [1.82, 2.24) is 4.57 Å². The quantitative estimate of drug-likeness (QED) is 0.159. The van der Waals surface area contributed by atoms with Gasteiger partial charge in [0, 0.05) is 69.8 Å². The van der Waals surface area contributed by atoms with Crippen LogP contribution in [0.4, 0.5) is 17.1 Å². The lowest BCUT2D eigenvalue weighted by Crippen LogP contribution is -2.11. The van der Waals surface area contributed by atoms with Crippen molar-refractivity contribution in [1.29, 1.82) is 0 Å². The van der Waals surface area contributed by atoms with E-state index >= 15 is 0 Å². The molecule has 13 rings (SSSR count). The molecule has 0 radical (unpaired) electrons. The lowest BCUT2D eigenvalue weighted by molar-refractivity contribution is 0.670. The van der Waals surface area contributed by atoms with E-state index in [1.807, 2.05) is 17.4 Å². The molecular formula is C60H38N2OS. The SMILES string of the molecule is c1ccc(-c2cc(-c3cccc4c3sc3ccccc34)ccc2N(c2ccccc2)c2ccc3c4ccccc4n(-c4ccccc4-c4cccc5c4oc4ccccc45)c3c2)cc1. The Bertz CT molecular complexity index is 3910. The molecule has 3 nitrogen and oxygen atoms in total. The van der Waals surface area contributed by atoms with E-state index in [1.54, 1.807) is 0 Å². The molecule has 64 heavy (non-hydrogen) atoms. The average molecular weight is 835 g/mol. The van der Waals surface area contributed by atoms with Gasteiger partial charge in [-0.25, -0.2) is 0 Å². The smallest absolute Gasteiger partial charge is 0.143 e. The van der Waals surface area contributed by atoms with Gasteiger partial charge in [0.05, 0.1) is 22.4 Å². The fraction of sp³-hybridized carbons (Fsp3) is 0. The number of para-hydroxylation sites is 5. The summed E-state index contributed by atoms with van der Waals surface area (Å²) in [5.74, 6) is 0. The first-order valence-corrected chi connectivity index (χ1v) is 22.6. The zero-order valence-electron chi connectivity index (χ0n) is 34.7. The molecule has 0 saturated carbocycles. The van der Waals surface area contributed by atoms with Crippen LogP contribution in [0.3, 0.4) is 0 Å². The van der Waals surface area contributed by atoms with Crippen LogP contribution in [-0.4, -0.2) is 4.57 Å². The Labute approximate surface area is 373 Å². The average Bonchev–Trinajstić information content (AvgIpc) is 4.04. The second-order valence-electron chi connectivity index (χ2n) is 16.4. The van der Waals surface area contributed by atoms with E-state index in [2.05, 4.69) is 234 Å². The zero-order valence-corrected chi connectivity index (χ0v) is 35.5. The molecule has 4 heteroatoms. The summed E-state index contributed by atoms with van der Waals surface area (Å²) in [7, 11) is 0. The maximum absolute atomic E-state index is 6.64. The minimum Gasteiger partial charge on any atom is -0.455 e. The Kier molecular flexibility index (Phi) is 8.40. The Balaban J connectivity index is 1.04. The number of hydrogen-bond acceptors (Lipinski definition) is 3. The molecule has 0 saturated heterocycles. The van der Waals surface area contributed by atoms with E-state index in [0.717, 1.165) is 78.0 Å². The number of nitrogens with zero attached hydrogens (tertiary/aromatic N) is 2. The van der Waals surface area contributed by atoms with Crippen LogP contribution in [0.1, 0.15) is 0 Å². The molecule has 0 spiro atoms. The summed E-state index contributed by atoms with van der Waals surface area (Å²) in [4.78, 5) is 2.43. The standard InChI is InChI=1S/C60H38N2OS/c1-3-17-39(18-4-1)52-37-40(43-25-15-28-51-48-24-10-14-32-58(48)64-60(43)51)33-36-55(52)61(41-19-5-2-6-20-41)42-34-35-46-44-21-7-11-29-53(44)62(56(46)38-42)54-30-12-8-22-45(54)49-26-16-27-50-47-23-9-13-31-57(47)63-59(49)50/h1-38H. The molecule has 0 amide bonds. The Morgan fingerprint density at radius 3 is 1.91 bits per heavy atom. The van der Waals surface area contributed by atoms with Crippen LogP contribution in [-0.2, 0) is 0 Å². The monoisotopic (exact) mass is 834 g/mol. The molecule has 0 atom stereocenters. The van der Waals surface area contributed by atoms with Crippen molar-refractivity contribution in [2.45, 2.75) is 0 Å². The maximum atomic E-state index is 6.64. The highest BCUT2D eigenvalue weighted by Crippen LogP contribution is 2.47. The summed E-state index contributed by atoms with van der Waals surface area (Å²) in [6.07, 6.45) is 0. The highest BCUT2D eigenvalue weighted by Gasteiger charge is 2.23. The van der Waals surface area contributed by atoms with Crippen LogP contribution in [0, 0.1) is 0 Å². The van der Waals surface area contributed by atoms with Crippen LogP contribution in [0.5, 0.6) is 0 Å². The predicted molar refractivity (Wildman–Crippen MR) is 272 cm³/mol. The van der Waals surface area contributed by atoms with Crippen LogP contribution in [0.25, 0.3) is 103 Å². The highest BCUT2D eigenvalue weighted by atomic mass is 32.1. The van der Waals surface area contributed by atoms with Gasteiger partial charge in [0.1, 0.15) is 11.2 Å². The van der Waals surface area contributed by atoms with Crippen LogP contribution < -0.4 is 4.90 Å². The molecule has 0 unspecified atom stereocenters. The van der Waals surface area contributed by atoms with E-state index in [0.29, 0.717) is 0 Å². The molecule has 13 aromatic rings. The second kappa shape index (κ2) is 14.7. The Hall–Kier alpha value is -8.18. The fourth-order valence-electron chi connectivity index (χ4n) is 9.94. The van der Waals surface area contributed by atoms with Crippen molar-refractivity contribution < 1.29 is 4.42 Å². The Morgan fingerprint density at radius 1 is 0.375 bits per heavy atom. The van der Waals surface area contributed by atoms with Gasteiger partial charge in [-0.05, 0) is 77.4 Å². The largest absolute Gasteiger partial charge is 0.455 e. The molecule has 0 aliphatic rings. The van der Waals surface area contributed by atoms with Crippen molar-refractivity contribution in [2.75, 3.05) is 4.90 Å². The van der Waals surface area contributed by atoms with Crippen molar-refractivity contribution in [3.63, 3.8) is 0 Å². The normalized spacial score (nSPS) is 11.8. The van der Waals surface area contributed by atoms with Gasteiger partial charge in [-0.1, -0.05) is 170 Å². The third-order valence-electron chi connectivity index (χ3n) is 12.8. The molecule has 300 valence electrons. The van der Waals surface area contributed by atoms with E-state index in [4.69, 9.17) is 4.42 Å². The zero-order chi connectivity index (χ0) is 42.1. The number of fused-ring (bicyclic) bond motifs is 9. The highest BCUT2D eigenvalue weighted by molar-refractivity contribution is 7.26. The first kappa shape index (κ1) is 36.5. The molecular weight excluding hydrogens is 797 g/mol. The number of anilines is 3. The summed E-state index contributed by atoms with van der Waals surface area (Å²) in [5, 5.41) is 7.25. The van der Waals surface area contributed by atoms with Crippen molar-refractivity contribution in [3.05, 3.63) is 231 Å². The van der Waals surface area contributed by atoms with Crippen LogP contribution >= 0.6 is 11.3 Å². The van der Waals surface area contributed by atoms with E-state index in [1.165, 1.54) is 42.1 Å². The molecule has 3 heterocycles. The topological polar surface area (TPSA) is 21.3 Å². The number of aromatic nitrogens is 1. The first-order chi connectivity index (χ1) is 31.8. The lowest BCUT2D eigenvalue weighted by Gasteiger charge is -2.28. The van der Waals surface area contributed by atoms with Crippen LogP contribution in [0.15, 0.2) is 235 Å². The number of benzene rings is 10. The number of rotatable bonds is 7. The predicted octanol–water partition coefficient (Wildman–Crippen LogP) is 17.5. The van der Waals surface area contributed by atoms with Crippen molar-refractivity contribution >= 4 is 92.3 Å². The maximum Gasteiger partial charge on any atom is 0.143 e. The summed E-state index contributed by atoms with van der Waals surface area (Å²) in [6, 6.07) is 83.4. The van der Waals surface area contributed by atoms with E-state index < -0.39 is 0 Å². The van der Waals surface area contributed by atoms with Gasteiger partial charge in [-0.2, -0.15) is 0 Å². The first-order valence-electron chi connectivity index (χ1n) is 21.8. The van der Waals surface area contributed by atoms with Gasteiger partial charge in [0.2, 0.25) is 0 Å². The molecule has 0 fully saturated rings. The van der Waals surface area contributed by atoms with Gasteiger partial charge in [0.25, 0.3) is 0 Å². The third kappa shape index (κ3) is 5.73.